The van der Waals surface area contributed by atoms with Crippen LogP contribution in [0.5, 0.6) is 0 Å². The van der Waals surface area contributed by atoms with Gasteiger partial charge in [-0.2, -0.15) is 0 Å². The topological polar surface area (TPSA) is 101 Å². The first-order valence-corrected chi connectivity index (χ1v) is 8.95. The maximum atomic E-state index is 12.5. The van der Waals surface area contributed by atoms with Crippen LogP contribution in [0.4, 0.5) is 17.1 Å². The van der Waals surface area contributed by atoms with E-state index in [1.165, 1.54) is 25.1 Å². The highest BCUT2D eigenvalue weighted by atomic mass is 35.5. The van der Waals surface area contributed by atoms with Gasteiger partial charge < -0.3 is 10.6 Å². The van der Waals surface area contributed by atoms with Crippen molar-refractivity contribution < 1.29 is 14.5 Å². The fourth-order valence-corrected chi connectivity index (χ4v) is 2.93. The molecule has 7 nitrogen and oxygen atoms in total. The number of halogens is 1. The number of amides is 2. The average molecular weight is 410 g/mol. The molecule has 0 aliphatic rings. The molecular weight excluding hydrogens is 394 g/mol. The van der Waals surface area contributed by atoms with E-state index in [9.17, 15) is 19.7 Å². The molecule has 0 saturated carbocycles. The van der Waals surface area contributed by atoms with Gasteiger partial charge >= 0.3 is 0 Å². The van der Waals surface area contributed by atoms with E-state index in [-0.39, 0.29) is 17.2 Å². The third-order valence-corrected chi connectivity index (χ3v) is 4.47. The van der Waals surface area contributed by atoms with Gasteiger partial charge in [-0.25, -0.2) is 0 Å². The summed E-state index contributed by atoms with van der Waals surface area (Å²) in [6, 6.07) is 17.4. The zero-order valence-electron chi connectivity index (χ0n) is 15.3. The third-order valence-electron chi connectivity index (χ3n) is 4.23. The third kappa shape index (κ3) is 4.77. The van der Waals surface area contributed by atoms with Gasteiger partial charge in [0.2, 0.25) is 0 Å². The Morgan fingerprint density at radius 1 is 0.897 bits per heavy atom. The first-order valence-electron chi connectivity index (χ1n) is 8.57. The number of nitro benzene ring substituents is 1. The lowest BCUT2D eigenvalue weighted by Crippen LogP contribution is -2.14. The maximum Gasteiger partial charge on any atom is 0.273 e. The smallest absolute Gasteiger partial charge is 0.273 e. The molecule has 0 aliphatic carbocycles. The Balaban J connectivity index is 1.69. The van der Waals surface area contributed by atoms with Crippen molar-refractivity contribution in [2.45, 2.75) is 6.92 Å². The van der Waals surface area contributed by atoms with E-state index in [0.29, 0.717) is 27.5 Å². The summed E-state index contributed by atoms with van der Waals surface area (Å²) in [6.07, 6.45) is 0. The van der Waals surface area contributed by atoms with Crippen molar-refractivity contribution in [3.05, 3.63) is 98.6 Å². The Morgan fingerprint density at radius 3 is 2.07 bits per heavy atom. The number of hydrogen-bond donors (Lipinski definition) is 2. The SMILES string of the molecule is Cc1c(C(=O)Nc2ccc(NC(=O)c3cccc(Cl)c3)cc2)cccc1[N+](=O)[O-]. The van der Waals surface area contributed by atoms with Crippen molar-refractivity contribution in [1.29, 1.82) is 0 Å². The molecule has 0 heterocycles. The van der Waals surface area contributed by atoms with E-state index in [0.717, 1.165) is 0 Å². The Kier molecular flexibility index (Phi) is 5.90. The lowest BCUT2D eigenvalue weighted by molar-refractivity contribution is -0.385. The number of carbonyl (C=O) groups is 2. The van der Waals surface area contributed by atoms with E-state index in [1.807, 2.05) is 0 Å². The number of hydrogen-bond acceptors (Lipinski definition) is 4. The van der Waals surface area contributed by atoms with Crippen molar-refractivity contribution in [2.75, 3.05) is 10.6 Å². The molecule has 3 aromatic rings. The average Bonchev–Trinajstić information content (AvgIpc) is 2.69. The molecule has 3 aromatic carbocycles. The molecule has 0 bridgehead atoms. The van der Waals surface area contributed by atoms with Crippen LogP contribution < -0.4 is 10.6 Å². The molecule has 0 fully saturated rings. The quantitative estimate of drug-likeness (QED) is 0.454. The zero-order chi connectivity index (χ0) is 21.0. The second kappa shape index (κ2) is 8.53. The van der Waals surface area contributed by atoms with Gasteiger partial charge in [0.1, 0.15) is 0 Å². The van der Waals surface area contributed by atoms with Crippen molar-refractivity contribution in [3.63, 3.8) is 0 Å². The van der Waals surface area contributed by atoms with E-state index >= 15 is 0 Å². The fourth-order valence-electron chi connectivity index (χ4n) is 2.74. The Morgan fingerprint density at radius 2 is 1.48 bits per heavy atom. The van der Waals surface area contributed by atoms with Gasteiger partial charge in [0.05, 0.1) is 4.92 Å². The number of nitro groups is 1. The summed E-state index contributed by atoms with van der Waals surface area (Å²) in [4.78, 5) is 35.2. The summed E-state index contributed by atoms with van der Waals surface area (Å²) < 4.78 is 0. The second-order valence-corrected chi connectivity index (χ2v) is 6.64. The second-order valence-electron chi connectivity index (χ2n) is 6.20. The van der Waals surface area contributed by atoms with Crippen LogP contribution in [0.25, 0.3) is 0 Å². The number of nitrogens with one attached hydrogen (secondary N) is 2. The molecule has 0 spiro atoms. The summed E-state index contributed by atoms with van der Waals surface area (Å²) in [5.74, 6) is -0.765. The predicted molar refractivity (Wildman–Crippen MR) is 112 cm³/mol. The predicted octanol–water partition coefficient (Wildman–Crippen LogP) is 5.06. The van der Waals surface area contributed by atoms with Crippen molar-refractivity contribution >= 4 is 40.5 Å². The van der Waals surface area contributed by atoms with Crippen LogP contribution in [0.2, 0.25) is 5.02 Å². The van der Waals surface area contributed by atoms with Crippen LogP contribution in [0.15, 0.2) is 66.7 Å². The molecule has 146 valence electrons. The highest BCUT2D eigenvalue weighted by Crippen LogP contribution is 2.23. The molecule has 3 rings (SSSR count). The normalized spacial score (nSPS) is 10.3. The summed E-state index contributed by atoms with van der Waals surface area (Å²) in [5.41, 5.74) is 1.85. The number of anilines is 2. The highest BCUT2D eigenvalue weighted by Gasteiger charge is 2.18. The zero-order valence-corrected chi connectivity index (χ0v) is 16.1. The first kappa shape index (κ1) is 20.0. The van der Waals surface area contributed by atoms with E-state index in [2.05, 4.69) is 10.6 Å². The van der Waals surface area contributed by atoms with Crippen LogP contribution in [0.1, 0.15) is 26.3 Å². The Labute approximate surface area is 171 Å². The van der Waals surface area contributed by atoms with Gasteiger partial charge in [0.15, 0.2) is 0 Å². The van der Waals surface area contributed by atoms with E-state index in [4.69, 9.17) is 11.6 Å². The summed E-state index contributed by atoms with van der Waals surface area (Å²) in [5, 5.41) is 16.9. The molecule has 0 saturated heterocycles. The summed E-state index contributed by atoms with van der Waals surface area (Å²) in [6.45, 7) is 1.53. The van der Waals surface area contributed by atoms with Crippen LogP contribution >= 0.6 is 11.6 Å². The minimum Gasteiger partial charge on any atom is -0.322 e. The molecule has 0 unspecified atom stereocenters. The molecular formula is C21H16ClN3O4. The molecule has 0 aliphatic heterocycles. The lowest BCUT2D eigenvalue weighted by Gasteiger charge is -2.10. The van der Waals surface area contributed by atoms with Gasteiger partial charge in [-0.15, -0.1) is 0 Å². The molecule has 2 N–H and O–H groups in total. The number of carbonyl (C=O) groups excluding carboxylic acids is 2. The number of nitrogens with zero attached hydrogens (tertiary/aromatic N) is 1. The summed E-state index contributed by atoms with van der Waals surface area (Å²) >= 11 is 5.89. The van der Waals surface area contributed by atoms with Gasteiger partial charge in [-0.05, 0) is 55.5 Å². The van der Waals surface area contributed by atoms with Crippen LogP contribution in [-0.4, -0.2) is 16.7 Å². The van der Waals surface area contributed by atoms with Crippen molar-refractivity contribution in [1.82, 2.24) is 0 Å². The van der Waals surface area contributed by atoms with E-state index in [1.54, 1.807) is 48.5 Å². The molecule has 0 radical (unpaired) electrons. The molecule has 2 amide bonds. The number of rotatable bonds is 5. The highest BCUT2D eigenvalue weighted by molar-refractivity contribution is 6.31. The number of benzene rings is 3. The van der Waals surface area contributed by atoms with Gasteiger partial charge in [0, 0.05) is 39.2 Å². The minimum absolute atomic E-state index is 0.114. The molecule has 8 heteroatoms. The minimum atomic E-state index is -0.524. The fraction of sp³-hybridized carbons (Fsp3) is 0.0476. The van der Waals surface area contributed by atoms with Gasteiger partial charge in [-0.1, -0.05) is 23.7 Å². The standard InChI is InChI=1S/C21H16ClN3O4/c1-13-18(6-3-7-19(13)25(28)29)21(27)24-17-10-8-16(9-11-17)23-20(26)14-4-2-5-15(22)12-14/h2-12H,1H3,(H,23,26)(H,24,27). The molecule has 29 heavy (non-hydrogen) atoms. The Bertz CT molecular complexity index is 1100. The Hall–Kier alpha value is -3.71. The molecule has 0 atom stereocenters. The van der Waals surface area contributed by atoms with Gasteiger partial charge in [-0.3, -0.25) is 19.7 Å². The maximum absolute atomic E-state index is 12.5. The molecule has 0 aromatic heterocycles. The summed E-state index contributed by atoms with van der Waals surface area (Å²) in [7, 11) is 0. The lowest BCUT2D eigenvalue weighted by atomic mass is 10.1. The van der Waals surface area contributed by atoms with Crippen molar-refractivity contribution in [2.24, 2.45) is 0 Å². The van der Waals surface area contributed by atoms with Crippen LogP contribution in [-0.2, 0) is 0 Å². The van der Waals surface area contributed by atoms with E-state index < -0.39 is 10.8 Å². The largest absolute Gasteiger partial charge is 0.322 e. The van der Waals surface area contributed by atoms with Crippen molar-refractivity contribution in [3.8, 4) is 0 Å². The van der Waals surface area contributed by atoms with Crippen LogP contribution in [0.3, 0.4) is 0 Å². The monoisotopic (exact) mass is 409 g/mol. The van der Waals surface area contributed by atoms with Gasteiger partial charge in [0.25, 0.3) is 17.5 Å². The van der Waals surface area contributed by atoms with Crippen LogP contribution in [0, 0.1) is 17.0 Å². The first-order chi connectivity index (χ1) is 13.8.